The van der Waals surface area contributed by atoms with Crippen molar-refractivity contribution in [1.29, 1.82) is 0 Å². The van der Waals surface area contributed by atoms with Crippen molar-refractivity contribution < 1.29 is 10.0 Å². The molecule has 5 nitrogen and oxygen atoms in total. The lowest BCUT2D eigenvalue weighted by atomic mass is 10.1. The van der Waals surface area contributed by atoms with Crippen LogP contribution in [-0.4, -0.2) is 29.2 Å². The van der Waals surface area contributed by atoms with Gasteiger partial charge in [-0.3, -0.25) is 10.1 Å². The fourth-order valence-electron chi connectivity index (χ4n) is 2.08. The van der Waals surface area contributed by atoms with E-state index in [0.717, 1.165) is 23.0 Å². The summed E-state index contributed by atoms with van der Waals surface area (Å²) in [5.74, 6) is 0. The predicted molar refractivity (Wildman–Crippen MR) is 73.3 cm³/mol. The molecule has 0 unspecified atom stereocenters. The third-order valence-electron chi connectivity index (χ3n) is 2.87. The largest absolute Gasteiger partial charge is 0.391 e. The Morgan fingerprint density at radius 2 is 2.29 bits per heavy atom. The van der Waals surface area contributed by atoms with Gasteiger partial charge < -0.3 is 10.0 Å². The topological polar surface area (TPSA) is 66.6 Å². The number of nitro groups is 1. The summed E-state index contributed by atoms with van der Waals surface area (Å²) in [5, 5.41) is 20.6. The van der Waals surface area contributed by atoms with E-state index in [-0.39, 0.29) is 16.7 Å². The Morgan fingerprint density at radius 3 is 2.94 bits per heavy atom. The van der Waals surface area contributed by atoms with Crippen LogP contribution in [0.2, 0.25) is 0 Å². The van der Waals surface area contributed by atoms with E-state index in [1.807, 2.05) is 11.0 Å². The van der Waals surface area contributed by atoms with Crippen molar-refractivity contribution in [1.82, 2.24) is 0 Å². The quantitative estimate of drug-likeness (QED) is 0.505. The molecule has 1 atom stereocenters. The van der Waals surface area contributed by atoms with Crippen molar-refractivity contribution in [2.75, 3.05) is 18.0 Å². The van der Waals surface area contributed by atoms with E-state index < -0.39 is 0 Å². The zero-order valence-corrected chi connectivity index (χ0v) is 11.3. The summed E-state index contributed by atoms with van der Waals surface area (Å²) in [6.45, 7) is 1.24. The molecular formula is C11H13IN2O3. The number of halogens is 1. The van der Waals surface area contributed by atoms with Gasteiger partial charge in [-0.1, -0.05) is 0 Å². The number of piperidine rings is 1. The second-order valence-corrected chi connectivity index (χ2v) is 5.38. The fourth-order valence-corrected chi connectivity index (χ4v) is 2.56. The van der Waals surface area contributed by atoms with Gasteiger partial charge in [0, 0.05) is 22.7 Å². The SMILES string of the molecule is O=[N+]([O-])c1cc(I)ccc1N1CCC[C@H](O)C1. The molecule has 0 aromatic heterocycles. The normalized spacial score (nSPS) is 20.4. The van der Waals surface area contributed by atoms with Crippen LogP contribution in [0.15, 0.2) is 18.2 Å². The molecule has 1 saturated heterocycles. The van der Waals surface area contributed by atoms with Crippen LogP contribution in [0, 0.1) is 13.7 Å². The number of hydrogen-bond donors (Lipinski definition) is 1. The van der Waals surface area contributed by atoms with Crippen molar-refractivity contribution in [3.63, 3.8) is 0 Å². The number of β-amino-alcohol motifs (C(OH)–C–C–N with tert-alkyl or cyclic N) is 1. The van der Waals surface area contributed by atoms with Gasteiger partial charge in [0.25, 0.3) is 5.69 Å². The number of hydrogen-bond acceptors (Lipinski definition) is 4. The van der Waals surface area contributed by atoms with E-state index in [9.17, 15) is 15.2 Å². The average Bonchev–Trinajstić information content (AvgIpc) is 2.28. The summed E-state index contributed by atoms with van der Waals surface area (Å²) in [5.41, 5.74) is 0.722. The lowest BCUT2D eigenvalue weighted by Gasteiger charge is -2.31. The molecule has 17 heavy (non-hydrogen) atoms. The fraction of sp³-hybridized carbons (Fsp3) is 0.455. The van der Waals surface area contributed by atoms with Crippen molar-refractivity contribution in [2.24, 2.45) is 0 Å². The highest BCUT2D eigenvalue weighted by atomic mass is 127. The molecule has 1 heterocycles. The predicted octanol–water partition coefficient (Wildman–Crippen LogP) is 2.16. The molecule has 1 N–H and O–H groups in total. The Bertz CT molecular complexity index is 439. The molecule has 92 valence electrons. The molecular weight excluding hydrogens is 335 g/mol. The lowest BCUT2D eigenvalue weighted by molar-refractivity contribution is -0.384. The van der Waals surface area contributed by atoms with E-state index in [1.54, 1.807) is 12.1 Å². The third kappa shape index (κ3) is 2.86. The third-order valence-corrected chi connectivity index (χ3v) is 3.54. The molecule has 0 saturated carbocycles. The Hall–Kier alpha value is -0.890. The van der Waals surface area contributed by atoms with Crippen LogP contribution < -0.4 is 4.90 Å². The van der Waals surface area contributed by atoms with Crippen LogP contribution in [0.4, 0.5) is 11.4 Å². The van der Waals surface area contributed by atoms with Crippen molar-refractivity contribution >= 4 is 34.0 Å². The molecule has 1 aliphatic heterocycles. The molecule has 0 amide bonds. The van der Waals surface area contributed by atoms with Gasteiger partial charge in [-0.25, -0.2) is 0 Å². The first-order chi connectivity index (χ1) is 8.08. The maximum Gasteiger partial charge on any atom is 0.293 e. The Morgan fingerprint density at radius 1 is 1.53 bits per heavy atom. The van der Waals surface area contributed by atoms with Crippen LogP contribution >= 0.6 is 22.6 Å². The van der Waals surface area contributed by atoms with Gasteiger partial charge in [-0.05, 0) is 47.6 Å². The van der Waals surface area contributed by atoms with Gasteiger partial charge in [0.1, 0.15) is 5.69 Å². The first-order valence-electron chi connectivity index (χ1n) is 5.45. The number of aliphatic hydroxyl groups excluding tert-OH is 1. The van der Waals surface area contributed by atoms with Crippen molar-refractivity contribution in [3.05, 3.63) is 31.9 Å². The van der Waals surface area contributed by atoms with Crippen LogP contribution in [0.3, 0.4) is 0 Å². The number of aliphatic hydroxyl groups is 1. The van der Waals surface area contributed by atoms with Crippen LogP contribution in [-0.2, 0) is 0 Å². The van der Waals surface area contributed by atoms with Gasteiger partial charge in [-0.15, -0.1) is 0 Å². The summed E-state index contributed by atoms with van der Waals surface area (Å²) in [7, 11) is 0. The molecule has 2 rings (SSSR count). The minimum atomic E-state index is -0.386. The highest BCUT2D eigenvalue weighted by Crippen LogP contribution is 2.31. The summed E-state index contributed by atoms with van der Waals surface area (Å²) in [6, 6.07) is 5.18. The molecule has 6 heteroatoms. The van der Waals surface area contributed by atoms with E-state index in [2.05, 4.69) is 22.6 Å². The second-order valence-electron chi connectivity index (χ2n) is 4.13. The summed E-state index contributed by atoms with van der Waals surface area (Å²) in [4.78, 5) is 12.5. The van der Waals surface area contributed by atoms with Gasteiger partial charge in [0.15, 0.2) is 0 Å². The van der Waals surface area contributed by atoms with Gasteiger partial charge in [0.2, 0.25) is 0 Å². The van der Waals surface area contributed by atoms with E-state index in [0.29, 0.717) is 12.2 Å². The monoisotopic (exact) mass is 348 g/mol. The minimum absolute atomic E-state index is 0.117. The smallest absolute Gasteiger partial charge is 0.293 e. The minimum Gasteiger partial charge on any atom is -0.391 e. The molecule has 0 radical (unpaired) electrons. The maximum atomic E-state index is 11.0. The van der Waals surface area contributed by atoms with E-state index in [1.165, 1.54) is 0 Å². The van der Waals surface area contributed by atoms with E-state index in [4.69, 9.17) is 0 Å². The maximum absolute atomic E-state index is 11.0. The highest BCUT2D eigenvalue weighted by Gasteiger charge is 2.24. The molecule has 1 aromatic carbocycles. The number of anilines is 1. The van der Waals surface area contributed by atoms with E-state index >= 15 is 0 Å². The second kappa shape index (κ2) is 5.18. The number of nitrogens with zero attached hydrogens (tertiary/aromatic N) is 2. The Balaban J connectivity index is 2.33. The number of nitro benzene ring substituents is 1. The molecule has 1 aliphatic rings. The molecule has 0 aliphatic carbocycles. The molecule has 0 spiro atoms. The summed E-state index contributed by atoms with van der Waals surface area (Å²) < 4.78 is 0.843. The standard InChI is InChI=1S/C11H13IN2O3/c12-8-3-4-10(11(6-8)14(16)17)13-5-1-2-9(15)7-13/h3-4,6,9,15H,1-2,5,7H2/t9-/m0/s1. The zero-order valence-electron chi connectivity index (χ0n) is 9.17. The number of rotatable bonds is 2. The van der Waals surface area contributed by atoms with Gasteiger partial charge in [0.05, 0.1) is 11.0 Å². The Labute approximate surface area is 113 Å². The first kappa shape index (κ1) is 12.6. The molecule has 1 fully saturated rings. The molecule has 0 bridgehead atoms. The zero-order chi connectivity index (χ0) is 12.4. The Kier molecular flexibility index (Phi) is 3.82. The lowest BCUT2D eigenvalue weighted by Crippen LogP contribution is -2.38. The molecule has 1 aromatic rings. The first-order valence-corrected chi connectivity index (χ1v) is 6.53. The van der Waals surface area contributed by atoms with Crippen molar-refractivity contribution in [3.8, 4) is 0 Å². The summed E-state index contributed by atoms with van der Waals surface area (Å²) in [6.07, 6.45) is 1.25. The summed E-state index contributed by atoms with van der Waals surface area (Å²) >= 11 is 2.06. The van der Waals surface area contributed by atoms with Gasteiger partial charge in [-0.2, -0.15) is 0 Å². The van der Waals surface area contributed by atoms with Crippen LogP contribution in [0.5, 0.6) is 0 Å². The highest BCUT2D eigenvalue weighted by molar-refractivity contribution is 14.1. The van der Waals surface area contributed by atoms with Crippen LogP contribution in [0.1, 0.15) is 12.8 Å². The average molecular weight is 348 g/mol. The van der Waals surface area contributed by atoms with Crippen molar-refractivity contribution in [2.45, 2.75) is 18.9 Å². The van der Waals surface area contributed by atoms with Gasteiger partial charge >= 0.3 is 0 Å². The van der Waals surface area contributed by atoms with Crippen LogP contribution in [0.25, 0.3) is 0 Å². The number of benzene rings is 1.